The Hall–Kier alpha value is -1.87. The first-order chi connectivity index (χ1) is 10.3. The Morgan fingerprint density at radius 2 is 2.00 bits per heavy atom. The molecule has 1 unspecified atom stereocenters. The molecule has 110 valence electrons. The molecule has 2 nitrogen and oxygen atoms in total. The summed E-state index contributed by atoms with van der Waals surface area (Å²) in [6.07, 6.45) is 2.25. The van der Waals surface area contributed by atoms with E-state index < -0.39 is 0 Å². The van der Waals surface area contributed by atoms with Crippen LogP contribution in [0, 0.1) is 5.82 Å². The molecule has 1 saturated heterocycles. The zero-order valence-electron chi connectivity index (χ0n) is 12.0. The average Bonchev–Trinajstić information content (AvgIpc) is 2.54. The van der Waals surface area contributed by atoms with E-state index in [0.29, 0.717) is 18.3 Å². The van der Waals surface area contributed by atoms with Gasteiger partial charge in [-0.1, -0.05) is 30.3 Å². The first kappa shape index (κ1) is 14.1. The molecular weight excluding hydrogens is 265 g/mol. The predicted molar refractivity (Wildman–Crippen MR) is 82.0 cm³/mol. The standard InChI is InChI=1S/C18H20FNO/c19-17-9-16(15-7-4-8-20-12-15)10-18(11-17)21-13-14-5-2-1-3-6-14/h1-3,5-6,9-11,15,20H,4,7-8,12-13H2. The highest BCUT2D eigenvalue weighted by Crippen LogP contribution is 2.27. The van der Waals surface area contributed by atoms with E-state index in [1.165, 1.54) is 6.07 Å². The normalized spacial score (nSPS) is 18.4. The van der Waals surface area contributed by atoms with Crippen LogP contribution in [-0.2, 0) is 6.61 Å². The fraction of sp³-hybridized carbons (Fsp3) is 0.333. The van der Waals surface area contributed by atoms with Crippen molar-refractivity contribution >= 4 is 0 Å². The molecule has 0 saturated carbocycles. The van der Waals surface area contributed by atoms with Crippen molar-refractivity contribution < 1.29 is 9.13 Å². The van der Waals surface area contributed by atoms with Gasteiger partial charge in [0.05, 0.1) is 0 Å². The van der Waals surface area contributed by atoms with Crippen LogP contribution in [-0.4, -0.2) is 13.1 Å². The second-order valence-electron chi connectivity index (χ2n) is 5.54. The smallest absolute Gasteiger partial charge is 0.127 e. The van der Waals surface area contributed by atoms with Gasteiger partial charge in [-0.25, -0.2) is 4.39 Å². The highest BCUT2D eigenvalue weighted by atomic mass is 19.1. The summed E-state index contributed by atoms with van der Waals surface area (Å²) >= 11 is 0. The third-order valence-corrected chi connectivity index (χ3v) is 3.91. The molecule has 1 aliphatic rings. The number of nitrogens with one attached hydrogen (secondary N) is 1. The van der Waals surface area contributed by atoms with Crippen molar-refractivity contribution in [1.82, 2.24) is 5.32 Å². The summed E-state index contributed by atoms with van der Waals surface area (Å²) in [5.41, 5.74) is 2.12. The summed E-state index contributed by atoms with van der Waals surface area (Å²) in [6.45, 7) is 2.44. The Morgan fingerprint density at radius 1 is 1.14 bits per heavy atom. The molecule has 0 bridgehead atoms. The molecule has 1 atom stereocenters. The number of hydrogen-bond donors (Lipinski definition) is 1. The van der Waals surface area contributed by atoms with E-state index in [4.69, 9.17) is 4.74 Å². The first-order valence-corrected chi connectivity index (χ1v) is 7.49. The monoisotopic (exact) mass is 285 g/mol. The zero-order chi connectivity index (χ0) is 14.5. The van der Waals surface area contributed by atoms with Gasteiger partial charge in [0, 0.05) is 12.6 Å². The fourth-order valence-corrected chi connectivity index (χ4v) is 2.78. The lowest BCUT2D eigenvalue weighted by atomic mass is 9.91. The number of hydrogen-bond acceptors (Lipinski definition) is 2. The number of ether oxygens (including phenoxy) is 1. The van der Waals surface area contributed by atoms with Crippen molar-refractivity contribution in [2.24, 2.45) is 0 Å². The summed E-state index contributed by atoms with van der Waals surface area (Å²) in [5.74, 6) is 0.772. The molecule has 0 amide bonds. The molecule has 1 heterocycles. The van der Waals surface area contributed by atoms with Crippen LogP contribution in [0.25, 0.3) is 0 Å². The summed E-state index contributed by atoms with van der Waals surface area (Å²) < 4.78 is 19.6. The number of rotatable bonds is 4. The SMILES string of the molecule is Fc1cc(OCc2ccccc2)cc(C2CCCNC2)c1. The topological polar surface area (TPSA) is 21.3 Å². The minimum atomic E-state index is -0.221. The first-order valence-electron chi connectivity index (χ1n) is 7.49. The summed E-state index contributed by atoms with van der Waals surface area (Å²) in [6, 6.07) is 15.0. The van der Waals surface area contributed by atoms with Gasteiger partial charge < -0.3 is 10.1 Å². The fourth-order valence-electron chi connectivity index (χ4n) is 2.78. The van der Waals surface area contributed by atoms with Crippen LogP contribution >= 0.6 is 0 Å². The molecule has 2 aromatic rings. The van der Waals surface area contributed by atoms with Crippen molar-refractivity contribution in [2.75, 3.05) is 13.1 Å². The molecule has 1 N–H and O–H groups in total. The molecule has 0 spiro atoms. The molecule has 1 aliphatic heterocycles. The molecular formula is C18H20FNO. The van der Waals surface area contributed by atoms with Crippen molar-refractivity contribution in [3.05, 3.63) is 65.5 Å². The molecule has 0 aromatic heterocycles. The lowest BCUT2D eigenvalue weighted by Crippen LogP contribution is -2.28. The van der Waals surface area contributed by atoms with E-state index in [1.807, 2.05) is 36.4 Å². The van der Waals surface area contributed by atoms with Gasteiger partial charge >= 0.3 is 0 Å². The minimum absolute atomic E-state index is 0.221. The maximum Gasteiger partial charge on any atom is 0.127 e. The maximum atomic E-state index is 13.8. The van der Waals surface area contributed by atoms with Crippen LogP contribution in [0.1, 0.15) is 29.9 Å². The van der Waals surface area contributed by atoms with Gasteiger partial charge in [0.25, 0.3) is 0 Å². The second-order valence-corrected chi connectivity index (χ2v) is 5.54. The molecule has 3 heteroatoms. The Balaban J connectivity index is 1.71. The van der Waals surface area contributed by atoms with E-state index in [2.05, 4.69) is 5.32 Å². The number of benzene rings is 2. The van der Waals surface area contributed by atoms with E-state index >= 15 is 0 Å². The van der Waals surface area contributed by atoms with Crippen molar-refractivity contribution in [2.45, 2.75) is 25.4 Å². The van der Waals surface area contributed by atoms with Gasteiger partial charge in [-0.05, 0) is 48.6 Å². The van der Waals surface area contributed by atoms with Crippen LogP contribution in [0.2, 0.25) is 0 Å². The van der Waals surface area contributed by atoms with Crippen molar-refractivity contribution in [3.8, 4) is 5.75 Å². The van der Waals surface area contributed by atoms with Crippen molar-refractivity contribution in [3.63, 3.8) is 0 Å². The van der Waals surface area contributed by atoms with E-state index in [-0.39, 0.29) is 5.82 Å². The molecule has 3 rings (SSSR count). The van der Waals surface area contributed by atoms with Gasteiger partial charge in [0.1, 0.15) is 18.2 Å². The summed E-state index contributed by atoms with van der Waals surface area (Å²) in [4.78, 5) is 0. The third kappa shape index (κ3) is 3.82. The molecule has 2 aromatic carbocycles. The second kappa shape index (κ2) is 6.72. The quantitative estimate of drug-likeness (QED) is 0.920. The minimum Gasteiger partial charge on any atom is -0.489 e. The lowest BCUT2D eigenvalue weighted by Gasteiger charge is -2.23. The highest BCUT2D eigenvalue weighted by Gasteiger charge is 2.16. The molecule has 0 aliphatic carbocycles. The third-order valence-electron chi connectivity index (χ3n) is 3.91. The number of halogens is 1. The van der Waals surface area contributed by atoms with Crippen LogP contribution in [0.3, 0.4) is 0 Å². The van der Waals surface area contributed by atoms with Crippen LogP contribution in [0.15, 0.2) is 48.5 Å². The van der Waals surface area contributed by atoms with Gasteiger partial charge in [-0.3, -0.25) is 0 Å². The Labute approximate surface area is 125 Å². The largest absolute Gasteiger partial charge is 0.489 e. The number of piperidine rings is 1. The Kier molecular flexibility index (Phi) is 4.51. The van der Waals surface area contributed by atoms with Gasteiger partial charge in [-0.15, -0.1) is 0 Å². The van der Waals surface area contributed by atoms with Crippen LogP contribution < -0.4 is 10.1 Å². The van der Waals surface area contributed by atoms with Crippen LogP contribution in [0.4, 0.5) is 4.39 Å². The summed E-state index contributed by atoms with van der Waals surface area (Å²) in [7, 11) is 0. The predicted octanol–water partition coefficient (Wildman–Crippen LogP) is 3.87. The molecule has 1 fully saturated rings. The molecule has 0 radical (unpaired) electrons. The van der Waals surface area contributed by atoms with Crippen molar-refractivity contribution in [1.29, 1.82) is 0 Å². The van der Waals surface area contributed by atoms with Crippen LogP contribution in [0.5, 0.6) is 5.75 Å². The maximum absolute atomic E-state index is 13.8. The average molecular weight is 285 g/mol. The van der Waals surface area contributed by atoms with Gasteiger partial charge in [-0.2, -0.15) is 0 Å². The lowest BCUT2D eigenvalue weighted by molar-refractivity contribution is 0.303. The van der Waals surface area contributed by atoms with Gasteiger partial charge in [0.15, 0.2) is 0 Å². The molecule has 21 heavy (non-hydrogen) atoms. The van der Waals surface area contributed by atoms with E-state index in [9.17, 15) is 4.39 Å². The van der Waals surface area contributed by atoms with E-state index in [1.54, 1.807) is 6.07 Å². The Morgan fingerprint density at radius 3 is 2.76 bits per heavy atom. The highest BCUT2D eigenvalue weighted by molar-refractivity contribution is 5.32. The van der Waals surface area contributed by atoms with E-state index in [0.717, 1.165) is 37.1 Å². The summed E-state index contributed by atoms with van der Waals surface area (Å²) in [5, 5.41) is 3.37. The Bertz CT molecular complexity index is 579. The van der Waals surface area contributed by atoms with Gasteiger partial charge in [0.2, 0.25) is 0 Å². The zero-order valence-corrected chi connectivity index (χ0v) is 12.0.